The lowest BCUT2D eigenvalue weighted by molar-refractivity contribution is -0.124. The first-order valence-corrected chi connectivity index (χ1v) is 7.47. The molecule has 0 radical (unpaired) electrons. The lowest BCUT2D eigenvalue weighted by Crippen LogP contribution is -2.49. The molecule has 1 unspecified atom stereocenters. The Kier molecular flexibility index (Phi) is 5.80. The molecule has 0 aliphatic carbocycles. The van der Waals surface area contributed by atoms with Crippen LogP contribution in [0.4, 0.5) is 0 Å². The minimum absolute atomic E-state index is 0.0496. The van der Waals surface area contributed by atoms with Crippen molar-refractivity contribution in [2.45, 2.75) is 26.4 Å². The third-order valence-electron chi connectivity index (χ3n) is 3.30. The van der Waals surface area contributed by atoms with E-state index in [2.05, 4.69) is 20.6 Å². The molecule has 0 saturated heterocycles. The molecule has 2 N–H and O–H groups in total. The molecular weight excluding hydrogens is 292 g/mol. The monoisotopic (exact) mass is 312 g/mol. The summed E-state index contributed by atoms with van der Waals surface area (Å²) in [5.74, 6) is -0.654. The molecule has 120 valence electrons. The van der Waals surface area contributed by atoms with E-state index < -0.39 is 6.04 Å². The van der Waals surface area contributed by atoms with Crippen LogP contribution in [0.1, 0.15) is 30.0 Å². The largest absolute Gasteiger partial charge is 0.349 e. The van der Waals surface area contributed by atoms with Crippen molar-refractivity contribution < 1.29 is 9.59 Å². The number of pyridine rings is 2. The zero-order valence-electron chi connectivity index (χ0n) is 13.2. The van der Waals surface area contributed by atoms with Crippen LogP contribution in [-0.2, 0) is 11.3 Å². The quantitative estimate of drug-likeness (QED) is 0.847. The van der Waals surface area contributed by atoms with Gasteiger partial charge in [-0.15, -0.1) is 0 Å². The minimum Gasteiger partial charge on any atom is -0.349 e. The predicted octanol–water partition coefficient (Wildman–Crippen LogP) is 1.55. The molecule has 0 bridgehead atoms. The second kappa shape index (κ2) is 8.03. The highest BCUT2D eigenvalue weighted by molar-refractivity contribution is 5.96. The Morgan fingerprint density at radius 3 is 2.30 bits per heavy atom. The van der Waals surface area contributed by atoms with Gasteiger partial charge in [-0.25, -0.2) is 0 Å². The van der Waals surface area contributed by atoms with E-state index in [4.69, 9.17) is 0 Å². The maximum absolute atomic E-state index is 12.4. The molecule has 0 aromatic carbocycles. The Balaban J connectivity index is 1.97. The molecule has 2 heterocycles. The molecule has 2 aromatic heterocycles. The van der Waals surface area contributed by atoms with Crippen LogP contribution in [0.5, 0.6) is 0 Å². The fourth-order valence-electron chi connectivity index (χ4n) is 2.04. The standard InChI is InChI=1S/C17H20N4O2/c1-12(2)15(21-16(22)14-8-4-6-10-19-14)17(23)20-11-13-7-3-5-9-18-13/h3-10,12,15H,11H2,1-2H3,(H,20,23)(H,21,22). The number of nitrogens with one attached hydrogen (secondary N) is 2. The van der Waals surface area contributed by atoms with E-state index >= 15 is 0 Å². The van der Waals surface area contributed by atoms with Gasteiger partial charge in [0.25, 0.3) is 5.91 Å². The summed E-state index contributed by atoms with van der Waals surface area (Å²) in [7, 11) is 0. The highest BCUT2D eigenvalue weighted by Gasteiger charge is 2.24. The lowest BCUT2D eigenvalue weighted by atomic mass is 10.0. The summed E-state index contributed by atoms with van der Waals surface area (Å²) in [6.07, 6.45) is 3.21. The molecule has 0 aliphatic rings. The first kappa shape index (κ1) is 16.6. The minimum atomic E-state index is -0.631. The van der Waals surface area contributed by atoms with Crippen LogP contribution >= 0.6 is 0 Å². The highest BCUT2D eigenvalue weighted by atomic mass is 16.2. The van der Waals surface area contributed by atoms with Gasteiger partial charge in [0.15, 0.2) is 0 Å². The first-order chi connectivity index (χ1) is 11.1. The number of amides is 2. The maximum atomic E-state index is 12.4. The summed E-state index contributed by atoms with van der Waals surface area (Å²) in [6, 6.07) is 9.94. The molecule has 0 spiro atoms. The number of carbonyl (C=O) groups excluding carboxylic acids is 2. The van der Waals surface area contributed by atoms with Gasteiger partial charge in [-0.2, -0.15) is 0 Å². The van der Waals surface area contributed by atoms with Gasteiger partial charge in [0.1, 0.15) is 11.7 Å². The fourth-order valence-corrected chi connectivity index (χ4v) is 2.04. The smallest absolute Gasteiger partial charge is 0.270 e. The fraction of sp³-hybridized carbons (Fsp3) is 0.294. The van der Waals surface area contributed by atoms with Crippen LogP contribution in [0.3, 0.4) is 0 Å². The number of nitrogens with zero attached hydrogens (tertiary/aromatic N) is 2. The maximum Gasteiger partial charge on any atom is 0.270 e. The van der Waals surface area contributed by atoms with E-state index in [9.17, 15) is 9.59 Å². The average Bonchev–Trinajstić information content (AvgIpc) is 2.58. The summed E-state index contributed by atoms with van der Waals surface area (Å²) in [6.45, 7) is 4.08. The van der Waals surface area contributed by atoms with Gasteiger partial charge >= 0.3 is 0 Å². The van der Waals surface area contributed by atoms with Gasteiger partial charge in [0.2, 0.25) is 5.91 Å². The molecule has 0 fully saturated rings. The summed E-state index contributed by atoms with van der Waals surface area (Å²) >= 11 is 0. The van der Waals surface area contributed by atoms with Crippen molar-refractivity contribution in [3.8, 4) is 0 Å². The average molecular weight is 312 g/mol. The molecule has 23 heavy (non-hydrogen) atoms. The predicted molar refractivity (Wildman–Crippen MR) is 86.4 cm³/mol. The second-order valence-corrected chi connectivity index (χ2v) is 5.45. The molecule has 2 rings (SSSR count). The summed E-state index contributed by atoms with van der Waals surface area (Å²) in [5.41, 5.74) is 1.05. The van der Waals surface area contributed by atoms with Gasteiger partial charge in [-0.1, -0.05) is 26.0 Å². The normalized spacial score (nSPS) is 11.8. The van der Waals surface area contributed by atoms with Crippen molar-refractivity contribution >= 4 is 11.8 Å². The van der Waals surface area contributed by atoms with Crippen molar-refractivity contribution in [3.05, 3.63) is 60.2 Å². The van der Waals surface area contributed by atoms with Crippen LogP contribution in [-0.4, -0.2) is 27.8 Å². The van der Waals surface area contributed by atoms with Gasteiger partial charge in [-0.3, -0.25) is 19.6 Å². The van der Waals surface area contributed by atoms with E-state index in [1.165, 1.54) is 0 Å². The third kappa shape index (κ3) is 4.88. The van der Waals surface area contributed by atoms with E-state index in [0.29, 0.717) is 6.54 Å². The van der Waals surface area contributed by atoms with Crippen LogP contribution in [0, 0.1) is 5.92 Å². The Labute approximate surface area is 135 Å². The molecule has 0 aliphatic heterocycles. The van der Waals surface area contributed by atoms with Crippen LogP contribution < -0.4 is 10.6 Å². The van der Waals surface area contributed by atoms with E-state index in [-0.39, 0.29) is 23.4 Å². The molecule has 2 aromatic rings. The van der Waals surface area contributed by atoms with Crippen LogP contribution in [0.15, 0.2) is 48.8 Å². The molecule has 0 saturated carbocycles. The number of hydrogen-bond donors (Lipinski definition) is 2. The number of rotatable bonds is 6. The molecule has 1 atom stereocenters. The van der Waals surface area contributed by atoms with Crippen molar-refractivity contribution in [3.63, 3.8) is 0 Å². The summed E-state index contributed by atoms with van der Waals surface area (Å²) in [4.78, 5) is 32.7. The van der Waals surface area contributed by atoms with Crippen molar-refractivity contribution in [1.29, 1.82) is 0 Å². The molecular formula is C17H20N4O2. The molecule has 6 heteroatoms. The first-order valence-electron chi connectivity index (χ1n) is 7.47. The zero-order chi connectivity index (χ0) is 16.7. The number of carbonyl (C=O) groups is 2. The second-order valence-electron chi connectivity index (χ2n) is 5.45. The van der Waals surface area contributed by atoms with Crippen LogP contribution in [0.25, 0.3) is 0 Å². The van der Waals surface area contributed by atoms with Gasteiger partial charge in [-0.05, 0) is 30.2 Å². The van der Waals surface area contributed by atoms with Gasteiger partial charge in [0.05, 0.1) is 12.2 Å². The van der Waals surface area contributed by atoms with E-state index in [1.54, 1.807) is 30.6 Å². The van der Waals surface area contributed by atoms with Crippen molar-refractivity contribution in [2.75, 3.05) is 0 Å². The van der Waals surface area contributed by atoms with Crippen molar-refractivity contribution in [2.24, 2.45) is 5.92 Å². The summed E-state index contributed by atoms with van der Waals surface area (Å²) in [5, 5.41) is 5.54. The third-order valence-corrected chi connectivity index (χ3v) is 3.30. The lowest BCUT2D eigenvalue weighted by Gasteiger charge is -2.21. The zero-order valence-corrected chi connectivity index (χ0v) is 13.2. The molecule has 2 amide bonds. The van der Waals surface area contributed by atoms with E-state index in [0.717, 1.165) is 5.69 Å². The summed E-state index contributed by atoms with van der Waals surface area (Å²) < 4.78 is 0. The Hall–Kier alpha value is -2.76. The Morgan fingerprint density at radius 1 is 1.04 bits per heavy atom. The highest BCUT2D eigenvalue weighted by Crippen LogP contribution is 2.04. The van der Waals surface area contributed by atoms with E-state index in [1.807, 2.05) is 32.0 Å². The van der Waals surface area contributed by atoms with Crippen molar-refractivity contribution in [1.82, 2.24) is 20.6 Å². The number of aromatic nitrogens is 2. The van der Waals surface area contributed by atoms with Crippen LogP contribution in [0.2, 0.25) is 0 Å². The molecule has 6 nitrogen and oxygen atoms in total. The topological polar surface area (TPSA) is 84.0 Å². The Bertz CT molecular complexity index is 644. The van der Waals surface area contributed by atoms with Gasteiger partial charge in [0, 0.05) is 12.4 Å². The van der Waals surface area contributed by atoms with Gasteiger partial charge < -0.3 is 10.6 Å². The Morgan fingerprint density at radius 2 is 1.74 bits per heavy atom. The SMILES string of the molecule is CC(C)C(NC(=O)c1ccccn1)C(=O)NCc1ccccn1. The number of hydrogen-bond acceptors (Lipinski definition) is 4.